The van der Waals surface area contributed by atoms with Crippen molar-refractivity contribution in [1.29, 1.82) is 0 Å². The van der Waals surface area contributed by atoms with Crippen LogP contribution in [0.5, 0.6) is 0 Å². The molecular formula is C16H14N2O5S. The molecule has 0 unspecified atom stereocenters. The zero-order valence-electron chi connectivity index (χ0n) is 12.6. The van der Waals surface area contributed by atoms with Gasteiger partial charge in [-0.05, 0) is 23.6 Å². The van der Waals surface area contributed by atoms with Crippen LogP contribution in [0.2, 0.25) is 0 Å². The predicted molar refractivity (Wildman–Crippen MR) is 87.6 cm³/mol. The second-order valence-electron chi connectivity index (χ2n) is 4.94. The van der Waals surface area contributed by atoms with Gasteiger partial charge < -0.3 is 14.5 Å². The lowest BCUT2D eigenvalue weighted by atomic mass is 10.3. The third-order valence-corrected chi connectivity index (χ3v) is 4.14. The molecule has 3 aromatic rings. The number of fused-ring (bicyclic) bond motifs is 1. The van der Waals surface area contributed by atoms with Crippen LogP contribution in [-0.2, 0) is 27.4 Å². The van der Waals surface area contributed by atoms with Crippen LogP contribution in [-0.4, -0.2) is 23.1 Å². The molecule has 1 aromatic carbocycles. The molecule has 24 heavy (non-hydrogen) atoms. The van der Waals surface area contributed by atoms with Crippen LogP contribution in [0.3, 0.4) is 0 Å². The first-order valence-corrected chi connectivity index (χ1v) is 8.04. The number of hydrogen-bond acceptors (Lipinski definition) is 6. The monoisotopic (exact) mass is 346 g/mol. The van der Waals surface area contributed by atoms with Gasteiger partial charge in [0.2, 0.25) is 0 Å². The highest BCUT2D eigenvalue weighted by atomic mass is 32.1. The quantitative estimate of drug-likeness (QED) is 0.683. The number of carbonyl (C=O) groups excluding carboxylic acids is 2. The fourth-order valence-corrected chi connectivity index (χ4v) is 2.78. The van der Waals surface area contributed by atoms with E-state index >= 15 is 0 Å². The van der Waals surface area contributed by atoms with Gasteiger partial charge in [-0.15, -0.1) is 11.3 Å². The first kappa shape index (κ1) is 16.0. The minimum Gasteiger partial charge on any atom is -0.454 e. The van der Waals surface area contributed by atoms with Crippen LogP contribution in [0.15, 0.2) is 51.0 Å². The number of para-hydroxylation sites is 2. The highest BCUT2D eigenvalue weighted by Crippen LogP contribution is 2.11. The van der Waals surface area contributed by atoms with Crippen molar-refractivity contribution in [3.05, 3.63) is 57.2 Å². The summed E-state index contributed by atoms with van der Waals surface area (Å²) in [6.07, 6.45) is 0. The number of esters is 1. The first-order valence-electron chi connectivity index (χ1n) is 7.16. The van der Waals surface area contributed by atoms with E-state index < -0.39 is 24.2 Å². The Bertz CT molecular complexity index is 910. The number of benzene rings is 1. The van der Waals surface area contributed by atoms with Gasteiger partial charge in [0.1, 0.15) is 6.54 Å². The van der Waals surface area contributed by atoms with Crippen LogP contribution in [0.4, 0.5) is 0 Å². The molecule has 2 heterocycles. The number of rotatable bonds is 6. The Kier molecular flexibility index (Phi) is 4.76. The number of amides is 1. The van der Waals surface area contributed by atoms with Crippen LogP contribution in [0.1, 0.15) is 4.88 Å². The van der Waals surface area contributed by atoms with Crippen molar-refractivity contribution < 1.29 is 18.7 Å². The maximum absolute atomic E-state index is 11.8. The fraction of sp³-hybridized carbons (Fsp3) is 0.188. The summed E-state index contributed by atoms with van der Waals surface area (Å²) < 4.78 is 11.1. The van der Waals surface area contributed by atoms with E-state index in [1.165, 1.54) is 15.9 Å². The summed E-state index contributed by atoms with van der Waals surface area (Å²) in [5.74, 6) is -1.73. The summed E-state index contributed by atoms with van der Waals surface area (Å²) in [4.78, 5) is 36.3. The van der Waals surface area contributed by atoms with Crippen molar-refractivity contribution in [3.8, 4) is 0 Å². The number of nitrogens with one attached hydrogen (secondary N) is 1. The molecular weight excluding hydrogens is 332 g/mol. The summed E-state index contributed by atoms with van der Waals surface area (Å²) >= 11 is 1.52. The lowest BCUT2D eigenvalue weighted by Gasteiger charge is -2.06. The maximum atomic E-state index is 11.8. The Balaban J connectivity index is 1.52. The van der Waals surface area contributed by atoms with Crippen molar-refractivity contribution in [1.82, 2.24) is 9.88 Å². The number of oxazole rings is 1. The summed E-state index contributed by atoms with van der Waals surface area (Å²) in [6.45, 7) is -0.317. The minimum atomic E-state index is -0.685. The molecule has 8 heteroatoms. The standard InChI is InChI=1S/C16H14N2O5S/c19-14(17-8-11-4-3-7-24-11)10-22-15(20)9-18-12-5-1-2-6-13(12)23-16(18)21/h1-7H,8-10H2,(H,17,19). The highest BCUT2D eigenvalue weighted by molar-refractivity contribution is 7.09. The Morgan fingerprint density at radius 1 is 1.21 bits per heavy atom. The number of nitrogens with zero attached hydrogens (tertiary/aromatic N) is 1. The largest absolute Gasteiger partial charge is 0.454 e. The summed E-state index contributed by atoms with van der Waals surface area (Å²) in [7, 11) is 0. The second kappa shape index (κ2) is 7.14. The Morgan fingerprint density at radius 2 is 2.04 bits per heavy atom. The maximum Gasteiger partial charge on any atom is 0.420 e. The molecule has 124 valence electrons. The van der Waals surface area contributed by atoms with E-state index in [1.54, 1.807) is 24.3 Å². The molecule has 0 radical (unpaired) electrons. The van der Waals surface area contributed by atoms with E-state index in [4.69, 9.17) is 9.15 Å². The van der Waals surface area contributed by atoms with Gasteiger partial charge in [-0.25, -0.2) is 4.79 Å². The molecule has 2 aromatic heterocycles. The lowest BCUT2D eigenvalue weighted by Crippen LogP contribution is -2.29. The van der Waals surface area contributed by atoms with E-state index in [0.29, 0.717) is 17.6 Å². The molecule has 0 fully saturated rings. The average Bonchev–Trinajstić information content (AvgIpc) is 3.20. The number of thiophene rings is 1. The van der Waals surface area contributed by atoms with Gasteiger partial charge in [0.25, 0.3) is 5.91 Å². The molecule has 0 spiro atoms. The van der Waals surface area contributed by atoms with Gasteiger partial charge in [-0.1, -0.05) is 18.2 Å². The lowest BCUT2D eigenvalue weighted by molar-refractivity contribution is -0.149. The van der Waals surface area contributed by atoms with Crippen molar-refractivity contribution in [2.45, 2.75) is 13.1 Å². The number of hydrogen-bond donors (Lipinski definition) is 1. The summed E-state index contributed by atoms with van der Waals surface area (Å²) in [5, 5.41) is 4.56. The van der Waals surface area contributed by atoms with Gasteiger partial charge in [0.05, 0.1) is 12.1 Å². The van der Waals surface area contributed by atoms with E-state index in [2.05, 4.69) is 5.32 Å². The summed E-state index contributed by atoms with van der Waals surface area (Å²) in [6, 6.07) is 10.5. The molecule has 0 aliphatic carbocycles. The molecule has 0 saturated carbocycles. The average molecular weight is 346 g/mol. The summed E-state index contributed by atoms with van der Waals surface area (Å²) in [5.41, 5.74) is 0.894. The van der Waals surface area contributed by atoms with Crippen molar-refractivity contribution in [2.24, 2.45) is 0 Å². The number of carbonyl (C=O) groups is 2. The van der Waals surface area contributed by atoms with E-state index in [0.717, 1.165) is 4.88 Å². The molecule has 3 rings (SSSR count). The fourth-order valence-electron chi connectivity index (χ4n) is 2.13. The normalized spacial score (nSPS) is 10.7. The van der Waals surface area contributed by atoms with Gasteiger partial charge in [0, 0.05) is 4.88 Å². The molecule has 7 nitrogen and oxygen atoms in total. The smallest absolute Gasteiger partial charge is 0.420 e. The molecule has 0 atom stereocenters. The Labute approximate surface area is 140 Å². The van der Waals surface area contributed by atoms with Gasteiger partial charge >= 0.3 is 11.7 Å². The molecule has 0 bridgehead atoms. The number of aromatic nitrogens is 1. The molecule has 0 aliphatic heterocycles. The van der Waals surface area contributed by atoms with E-state index in [9.17, 15) is 14.4 Å². The van der Waals surface area contributed by atoms with Gasteiger partial charge in [-0.2, -0.15) is 0 Å². The Hall–Kier alpha value is -2.87. The van der Waals surface area contributed by atoms with Crippen molar-refractivity contribution in [2.75, 3.05) is 6.61 Å². The molecule has 0 aliphatic rings. The van der Waals surface area contributed by atoms with Gasteiger partial charge in [-0.3, -0.25) is 14.2 Å². The first-order chi connectivity index (χ1) is 11.6. The van der Waals surface area contributed by atoms with E-state index in [-0.39, 0.29) is 6.54 Å². The highest BCUT2D eigenvalue weighted by Gasteiger charge is 2.14. The zero-order chi connectivity index (χ0) is 16.9. The third kappa shape index (κ3) is 3.72. The number of ether oxygens (including phenoxy) is 1. The van der Waals surface area contributed by atoms with Crippen LogP contribution in [0.25, 0.3) is 11.1 Å². The SMILES string of the molecule is O=C(COC(=O)Cn1c(=O)oc2ccccc21)NCc1cccs1. The molecule has 1 amide bonds. The zero-order valence-corrected chi connectivity index (χ0v) is 13.4. The molecule has 1 N–H and O–H groups in total. The minimum absolute atomic E-state index is 0.311. The third-order valence-electron chi connectivity index (χ3n) is 3.27. The predicted octanol–water partition coefficient (Wildman–Crippen LogP) is 1.52. The van der Waals surface area contributed by atoms with Crippen molar-refractivity contribution >= 4 is 34.3 Å². The second-order valence-corrected chi connectivity index (χ2v) is 5.97. The topological polar surface area (TPSA) is 90.5 Å². The van der Waals surface area contributed by atoms with Crippen LogP contribution >= 0.6 is 11.3 Å². The van der Waals surface area contributed by atoms with Gasteiger partial charge in [0.15, 0.2) is 12.2 Å². The molecule has 0 saturated heterocycles. The van der Waals surface area contributed by atoms with Crippen molar-refractivity contribution in [3.63, 3.8) is 0 Å². The van der Waals surface area contributed by atoms with E-state index in [1.807, 2.05) is 17.5 Å². The van der Waals surface area contributed by atoms with Crippen LogP contribution in [0, 0.1) is 0 Å². The van der Waals surface area contributed by atoms with Crippen LogP contribution < -0.4 is 11.1 Å². The Morgan fingerprint density at radius 3 is 2.83 bits per heavy atom.